The van der Waals surface area contributed by atoms with E-state index in [2.05, 4.69) is 10.2 Å². The van der Waals surface area contributed by atoms with Gasteiger partial charge in [-0.1, -0.05) is 23.7 Å². The number of rotatable bonds is 5. The lowest BCUT2D eigenvalue weighted by molar-refractivity contribution is -0.137. The molecule has 26 heavy (non-hydrogen) atoms. The standard InChI is InChI=1S/C17H20ClN3O4S/c1-11(2)21(17(22)12-7-8-26(23,24)10-12)9-15-19-20-16(25-15)13-5-3-4-6-14(13)18/h3-6,11-12H,7-10H2,1-2H3. The summed E-state index contributed by atoms with van der Waals surface area (Å²) in [6, 6.07) is 6.99. The highest BCUT2D eigenvalue weighted by Gasteiger charge is 2.36. The normalized spacial score (nSPS) is 19.0. The zero-order valence-electron chi connectivity index (χ0n) is 14.6. The molecule has 0 bridgehead atoms. The van der Waals surface area contributed by atoms with Crippen LogP contribution >= 0.6 is 11.6 Å². The lowest BCUT2D eigenvalue weighted by atomic mass is 10.1. The monoisotopic (exact) mass is 397 g/mol. The van der Waals surface area contributed by atoms with Gasteiger partial charge in [-0.25, -0.2) is 8.42 Å². The van der Waals surface area contributed by atoms with Crippen molar-refractivity contribution in [2.75, 3.05) is 11.5 Å². The first-order chi connectivity index (χ1) is 12.3. The largest absolute Gasteiger partial charge is 0.419 e. The van der Waals surface area contributed by atoms with E-state index in [-0.39, 0.29) is 41.8 Å². The summed E-state index contributed by atoms with van der Waals surface area (Å²) in [7, 11) is -3.12. The molecular formula is C17H20ClN3O4S. The van der Waals surface area contributed by atoms with Crippen molar-refractivity contribution in [3.8, 4) is 11.5 Å². The van der Waals surface area contributed by atoms with E-state index in [0.717, 1.165) is 0 Å². The van der Waals surface area contributed by atoms with Gasteiger partial charge in [-0.3, -0.25) is 4.79 Å². The molecule has 1 fully saturated rings. The van der Waals surface area contributed by atoms with E-state index < -0.39 is 15.8 Å². The maximum atomic E-state index is 12.8. The summed E-state index contributed by atoms with van der Waals surface area (Å²) in [6.07, 6.45) is 0.360. The zero-order chi connectivity index (χ0) is 18.9. The molecule has 3 rings (SSSR count). The molecule has 0 spiro atoms. The van der Waals surface area contributed by atoms with Crippen molar-refractivity contribution in [2.24, 2.45) is 5.92 Å². The van der Waals surface area contributed by atoms with Gasteiger partial charge in [0.15, 0.2) is 9.84 Å². The van der Waals surface area contributed by atoms with Crippen molar-refractivity contribution in [1.82, 2.24) is 15.1 Å². The average Bonchev–Trinajstić information content (AvgIpc) is 3.18. The van der Waals surface area contributed by atoms with Gasteiger partial charge in [0.05, 0.1) is 34.6 Å². The van der Waals surface area contributed by atoms with Gasteiger partial charge < -0.3 is 9.32 Å². The summed E-state index contributed by atoms with van der Waals surface area (Å²) in [5, 5.41) is 8.51. The highest BCUT2D eigenvalue weighted by molar-refractivity contribution is 7.91. The van der Waals surface area contributed by atoms with Crippen LogP contribution < -0.4 is 0 Å². The Morgan fingerprint density at radius 2 is 2.08 bits per heavy atom. The van der Waals surface area contributed by atoms with E-state index in [1.54, 1.807) is 23.1 Å². The predicted molar refractivity (Wildman–Crippen MR) is 97.2 cm³/mol. The minimum atomic E-state index is -3.12. The maximum absolute atomic E-state index is 12.8. The van der Waals surface area contributed by atoms with Crippen LogP contribution in [0.3, 0.4) is 0 Å². The van der Waals surface area contributed by atoms with Crippen LogP contribution in [0.25, 0.3) is 11.5 Å². The lowest BCUT2D eigenvalue weighted by Gasteiger charge is -2.27. The number of sulfone groups is 1. The Kier molecular flexibility index (Phi) is 5.34. The van der Waals surface area contributed by atoms with Crippen molar-refractivity contribution in [2.45, 2.75) is 32.9 Å². The van der Waals surface area contributed by atoms with E-state index >= 15 is 0 Å². The number of amides is 1. The SMILES string of the molecule is CC(C)N(Cc1nnc(-c2ccccc2Cl)o1)C(=O)C1CCS(=O)(=O)C1. The second-order valence-electron chi connectivity index (χ2n) is 6.64. The number of hydrogen-bond donors (Lipinski definition) is 0. The van der Waals surface area contributed by atoms with E-state index in [0.29, 0.717) is 17.0 Å². The fraction of sp³-hybridized carbons (Fsp3) is 0.471. The number of benzene rings is 1. The first-order valence-electron chi connectivity index (χ1n) is 8.35. The molecule has 2 aromatic rings. The van der Waals surface area contributed by atoms with Crippen LogP contribution in [0.1, 0.15) is 26.2 Å². The second kappa shape index (κ2) is 7.36. The Bertz CT molecular complexity index is 910. The van der Waals surface area contributed by atoms with Gasteiger partial charge in [0.1, 0.15) is 0 Å². The molecule has 1 unspecified atom stereocenters. The number of aromatic nitrogens is 2. The number of carbonyl (C=O) groups is 1. The molecular weight excluding hydrogens is 378 g/mol. The van der Waals surface area contributed by atoms with Crippen LogP contribution in [0, 0.1) is 5.92 Å². The summed E-state index contributed by atoms with van der Waals surface area (Å²) < 4.78 is 29.0. The third-order valence-electron chi connectivity index (χ3n) is 4.36. The van der Waals surface area contributed by atoms with E-state index in [9.17, 15) is 13.2 Å². The van der Waals surface area contributed by atoms with Gasteiger partial charge >= 0.3 is 0 Å². The van der Waals surface area contributed by atoms with Crippen LogP contribution in [0.5, 0.6) is 0 Å². The molecule has 0 saturated carbocycles. The predicted octanol–water partition coefficient (Wildman–Crippen LogP) is 2.56. The maximum Gasteiger partial charge on any atom is 0.249 e. The van der Waals surface area contributed by atoms with Gasteiger partial charge in [-0.2, -0.15) is 0 Å². The minimum Gasteiger partial charge on any atom is -0.419 e. The van der Waals surface area contributed by atoms with Crippen LogP contribution in [0.15, 0.2) is 28.7 Å². The number of hydrogen-bond acceptors (Lipinski definition) is 6. The molecule has 1 aromatic carbocycles. The van der Waals surface area contributed by atoms with Crippen molar-refractivity contribution >= 4 is 27.3 Å². The third-order valence-corrected chi connectivity index (χ3v) is 6.46. The summed E-state index contributed by atoms with van der Waals surface area (Å²) >= 11 is 6.14. The molecule has 1 amide bonds. The number of nitrogens with zero attached hydrogens (tertiary/aromatic N) is 3. The first kappa shape index (κ1) is 18.8. The van der Waals surface area contributed by atoms with Crippen molar-refractivity contribution in [3.63, 3.8) is 0 Å². The van der Waals surface area contributed by atoms with Crippen LogP contribution in [-0.2, 0) is 21.2 Å². The van der Waals surface area contributed by atoms with Crippen LogP contribution in [0.2, 0.25) is 5.02 Å². The Hall–Kier alpha value is -1.93. The highest BCUT2D eigenvalue weighted by atomic mass is 35.5. The molecule has 0 aliphatic carbocycles. The second-order valence-corrected chi connectivity index (χ2v) is 9.28. The smallest absolute Gasteiger partial charge is 0.249 e. The first-order valence-corrected chi connectivity index (χ1v) is 10.5. The molecule has 1 atom stereocenters. The van der Waals surface area contributed by atoms with Crippen LogP contribution in [-0.4, -0.2) is 47.0 Å². The van der Waals surface area contributed by atoms with Crippen molar-refractivity contribution < 1.29 is 17.6 Å². The number of carbonyl (C=O) groups excluding carboxylic acids is 1. The zero-order valence-corrected chi connectivity index (χ0v) is 16.1. The molecule has 1 saturated heterocycles. The average molecular weight is 398 g/mol. The molecule has 1 aliphatic heterocycles. The van der Waals surface area contributed by atoms with Crippen molar-refractivity contribution in [3.05, 3.63) is 35.2 Å². The Morgan fingerprint density at radius 3 is 2.69 bits per heavy atom. The van der Waals surface area contributed by atoms with Gasteiger partial charge in [0, 0.05) is 6.04 Å². The molecule has 9 heteroatoms. The fourth-order valence-corrected chi connectivity index (χ4v) is 4.90. The Morgan fingerprint density at radius 1 is 1.35 bits per heavy atom. The van der Waals surface area contributed by atoms with Gasteiger partial charge in [-0.15, -0.1) is 10.2 Å². The number of halogens is 1. The summed E-state index contributed by atoms with van der Waals surface area (Å²) in [5.74, 6) is -0.170. The molecule has 1 aliphatic rings. The molecule has 0 radical (unpaired) electrons. The molecule has 0 N–H and O–H groups in total. The van der Waals surface area contributed by atoms with E-state index in [4.69, 9.17) is 16.0 Å². The summed E-state index contributed by atoms with van der Waals surface area (Å²) in [5.41, 5.74) is 0.622. The Labute approximate surface area is 157 Å². The third kappa shape index (κ3) is 4.07. The van der Waals surface area contributed by atoms with E-state index in [1.807, 2.05) is 19.9 Å². The summed E-state index contributed by atoms with van der Waals surface area (Å²) in [4.78, 5) is 14.3. The quantitative estimate of drug-likeness (QED) is 0.769. The molecule has 2 heterocycles. The van der Waals surface area contributed by atoms with Crippen LogP contribution in [0.4, 0.5) is 0 Å². The molecule has 1 aromatic heterocycles. The minimum absolute atomic E-state index is 0.0621. The van der Waals surface area contributed by atoms with Crippen molar-refractivity contribution in [1.29, 1.82) is 0 Å². The lowest BCUT2D eigenvalue weighted by Crippen LogP contribution is -2.40. The van der Waals surface area contributed by atoms with Gasteiger partial charge in [0.2, 0.25) is 17.7 Å². The fourth-order valence-electron chi connectivity index (χ4n) is 2.95. The molecule has 7 nitrogen and oxygen atoms in total. The van der Waals surface area contributed by atoms with Gasteiger partial charge in [0.25, 0.3) is 0 Å². The van der Waals surface area contributed by atoms with E-state index in [1.165, 1.54) is 0 Å². The topological polar surface area (TPSA) is 93.4 Å². The van der Waals surface area contributed by atoms with Gasteiger partial charge in [-0.05, 0) is 32.4 Å². The summed E-state index contributed by atoms with van der Waals surface area (Å²) in [6.45, 7) is 3.86. The molecule has 140 valence electrons. The Balaban J connectivity index is 1.77. The highest BCUT2D eigenvalue weighted by Crippen LogP contribution is 2.27.